The van der Waals surface area contributed by atoms with Crippen molar-refractivity contribution in [3.05, 3.63) is 64.8 Å². The molecule has 4 rings (SSSR count). The van der Waals surface area contributed by atoms with Gasteiger partial charge in [0.25, 0.3) is 5.91 Å². The fourth-order valence-electron chi connectivity index (χ4n) is 3.13. The van der Waals surface area contributed by atoms with Gasteiger partial charge in [0.2, 0.25) is 0 Å². The highest BCUT2D eigenvalue weighted by molar-refractivity contribution is 7.98. The molecule has 0 bridgehead atoms. The number of fused-ring (bicyclic) bond motifs is 1. The second kappa shape index (κ2) is 7.59. The first-order valence-electron chi connectivity index (χ1n) is 8.89. The van der Waals surface area contributed by atoms with Gasteiger partial charge in [0.1, 0.15) is 17.3 Å². The van der Waals surface area contributed by atoms with Gasteiger partial charge < -0.3 is 14.8 Å². The highest BCUT2D eigenvalue weighted by atomic mass is 32.2. The Kier molecular flexibility index (Phi) is 5.00. The number of ether oxygens (including phenoxy) is 2. The smallest absolute Gasteiger partial charge is 0.257 e. The van der Waals surface area contributed by atoms with Gasteiger partial charge in [0, 0.05) is 28.7 Å². The van der Waals surface area contributed by atoms with Crippen LogP contribution in [0.5, 0.6) is 11.5 Å². The van der Waals surface area contributed by atoms with Crippen molar-refractivity contribution in [3.63, 3.8) is 0 Å². The largest absolute Gasteiger partial charge is 0.497 e. The fourth-order valence-corrected chi connectivity index (χ4v) is 4.17. The Bertz CT molecular complexity index is 1010. The molecule has 1 aromatic heterocycles. The highest BCUT2D eigenvalue weighted by Gasteiger charge is 2.25. The van der Waals surface area contributed by atoms with Gasteiger partial charge in [-0.15, -0.1) is 0 Å². The van der Waals surface area contributed by atoms with Crippen LogP contribution in [0.2, 0.25) is 0 Å². The number of aryl methyl sites for hydroxylation is 1. The number of thioether (sulfide) groups is 1. The number of anilines is 1. The maximum absolute atomic E-state index is 13.0. The van der Waals surface area contributed by atoms with Crippen LogP contribution in [0, 0.1) is 6.92 Å². The topological polar surface area (TPSA) is 65.4 Å². The van der Waals surface area contributed by atoms with E-state index in [1.165, 1.54) is 5.56 Å². The zero-order valence-corrected chi connectivity index (χ0v) is 16.8. The molecule has 0 saturated carbocycles. The number of benzene rings is 2. The summed E-state index contributed by atoms with van der Waals surface area (Å²) >= 11 is 1.80. The molecule has 0 atom stereocenters. The van der Waals surface area contributed by atoms with Crippen molar-refractivity contribution in [2.75, 3.05) is 19.5 Å². The van der Waals surface area contributed by atoms with Crippen molar-refractivity contribution in [1.29, 1.82) is 0 Å². The Morgan fingerprint density at radius 1 is 1.07 bits per heavy atom. The molecule has 144 valence electrons. The summed E-state index contributed by atoms with van der Waals surface area (Å²) in [6.07, 6.45) is 0. The molecule has 0 saturated heterocycles. The quantitative estimate of drug-likeness (QED) is 0.701. The molecular weight excluding hydrogens is 374 g/mol. The zero-order valence-electron chi connectivity index (χ0n) is 16.0. The molecular formula is C21H21N3O3S. The molecule has 3 aromatic rings. The minimum atomic E-state index is -0.231. The van der Waals surface area contributed by atoms with E-state index < -0.39 is 0 Å². The number of carbonyl (C=O) groups is 1. The van der Waals surface area contributed by atoms with E-state index in [4.69, 9.17) is 14.6 Å². The first-order chi connectivity index (χ1) is 13.6. The molecule has 1 N–H and O–H groups in total. The van der Waals surface area contributed by atoms with Crippen LogP contribution in [0.1, 0.15) is 27.2 Å². The van der Waals surface area contributed by atoms with Gasteiger partial charge in [0.05, 0.1) is 25.6 Å². The van der Waals surface area contributed by atoms with E-state index in [9.17, 15) is 4.79 Å². The van der Waals surface area contributed by atoms with Crippen LogP contribution in [-0.2, 0) is 11.5 Å². The van der Waals surface area contributed by atoms with Gasteiger partial charge >= 0.3 is 0 Å². The number of amides is 1. The molecule has 2 aromatic carbocycles. The fraction of sp³-hybridized carbons (Fsp3) is 0.238. The molecule has 1 aliphatic heterocycles. The summed E-state index contributed by atoms with van der Waals surface area (Å²) < 4.78 is 12.4. The van der Waals surface area contributed by atoms with Gasteiger partial charge in [-0.1, -0.05) is 17.7 Å². The van der Waals surface area contributed by atoms with E-state index in [0.29, 0.717) is 17.1 Å². The van der Waals surface area contributed by atoms with Crippen LogP contribution in [0.25, 0.3) is 5.69 Å². The van der Waals surface area contributed by atoms with E-state index in [0.717, 1.165) is 34.3 Å². The van der Waals surface area contributed by atoms with Gasteiger partial charge in [-0.25, -0.2) is 4.68 Å². The van der Waals surface area contributed by atoms with E-state index >= 15 is 0 Å². The molecule has 0 unspecified atom stereocenters. The van der Waals surface area contributed by atoms with Crippen molar-refractivity contribution in [1.82, 2.24) is 9.78 Å². The van der Waals surface area contributed by atoms with Crippen molar-refractivity contribution in [2.24, 2.45) is 0 Å². The normalized spacial score (nSPS) is 12.5. The van der Waals surface area contributed by atoms with Crippen molar-refractivity contribution >= 4 is 23.5 Å². The molecule has 6 nitrogen and oxygen atoms in total. The Morgan fingerprint density at radius 2 is 1.75 bits per heavy atom. The Hall–Kier alpha value is -2.93. The van der Waals surface area contributed by atoms with E-state index in [2.05, 4.69) is 5.32 Å². The lowest BCUT2D eigenvalue weighted by Crippen LogP contribution is -2.16. The summed E-state index contributed by atoms with van der Waals surface area (Å²) in [5, 5.41) is 7.80. The first-order valence-corrected chi connectivity index (χ1v) is 10.0. The SMILES string of the molecule is COc1cc(OC)cc(C(=O)Nc2c3c(nn2-c2ccc(C)cc2)CSC3)c1. The lowest BCUT2D eigenvalue weighted by molar-refractivity contribution is 0.102. The first kappa shape index (κ1) is 18.4. The number of hydrogen-bond acceptors (Lipinski definition) is 5. The summed E-state index contributed by atoms with van der Waals surface area (Å²) in [4.78, 5) is 13.0. The molecule has 7 heteroatoms. The molecule has 0 radical (unpaired) electrons. The number of nitrogens with one attached hydrogen (secondary N) is 1. The average molecular weight is 395 g/mol. The Morgan fingerprint density at radius 3 is 2.39 bits per heavy atom. The third-order valence-electron chi connectivity index (χ3n) is 4.68. The van der Waals surface area contributed by atoms with Gasteiger partial charge in [0.15, 0.2) is 0 Å². The van der Waals surface area contributed by atoms with Crippen molar-refractivity contribution in [3.8, 4) is 17.2 Å². The number of nitrogens with zero attached hydrogens (tertiary/aromatic N) is 2. The molecule has 28 heavy (non-hydrogen) atoms. The monoisotopic (exact) mass is 395 g/mol. The predicted molar refractivity (Wildman–Crippen MR) is 111 cm³/mol. The number of rotatable bonds is 5. The summed E-state index contributed by atoms with van der Waals surface area (Å²) in [5.74, 6) is 3.30. The summed E-state index contributed by atoms with van der Waals surface area (Å²) in [6, 6.07) is 13.2. The van der Waals surface area contributed by atoms with E-state index in [-0.39, 0.29) is 5.91 Å². The van der Waals surface area contributed by atoms with Crippen LogP contribution in [-0.4, -0.2) is 29.9 Å². The van der Waals surface area contributed by atoms with E-state index in [1.807, 2.05) is 35.9 Å². The highest BCUT2D eigenvalue weighted by Crippen LogP contribution is 2.36. The molecule has 0 spiro atoms. The van der Waals surface area contributed by atoms with Gasteiger partial charge in [-0.2, -0.15) is 16.9 Å². The number of carbonyl (C=O) groups excluding carboxylic acids is 1. The number of hydrogen-bond donors (Lipinski definition) is 1. The third kappa shape index (κ3) is 3.45. The lowest BCUT2D eigenvalue weighted by Gasteiger charge is -2.12. The lowest BCUT2D eigenvalue weighted by atomic mass is 10.1. The second-order valence-electron chi connectivity index (χ2n) is 6.57. The summed E-state index contributed by atoms with van der Waals surface area (Å²) in [6.45, 7) is 2.04. The number of methoxy groups -OCH3 is 2. The van der Waals surface area contributed by atoms with Crippen molar-refractivity contribution in [2.45, 2.75) is 18.4 Å². The molecule has 1 aliphatic rings. The standard InChI is InChI=1S/C21H21N3O3S/c1-13-4-6-15(7-5-13)24-20(18-11-28-12-19(18)23-24)22-21(25)14-8-16(26-2)10-17(9-14)27-3/h4-10H,11-12H2,1-3H3,(H,22,25). The van der Waals surface area contributed by atoms with Crippen LogP contribution in [0.15, 0.2) is 42.5 Å². The van der Waals surface area contributed by atoms with Crippen LogP contribution in [0.3, 0.4) is 0 Å². The number of aromatic nitrogens is 2. The van der Waals surface area contributed by atoms with Crippen LogP contribution < -0.4 is 14.8 Å². The maximum Gasteiger partial charge on any atom is 0.257 e. The minimum Gasteiger partial charge on any atom is -0.497 e. The average Bonchev–Trinajstić information content (AvgIpc) is 3.30. The zero-order chi connectivity index (χ0) is 19.7. The molecule has 1 amide bonds. The maximum atomic E-state index is 13.0. The third-order valence-corrected chi connectivity index (χ3v) is 5.65. The van der Waals surface area contributed by atoms with Crippen LogP contribution in [0.4, 0.5) is 5.82 Å². The molecule has 2 heterocycles. The predicted octanol–water partition coefficient (Wildman–Crippen LogP) is 4.20. The van der Waals surface area contributed by atoms with Gasteiger partial charge in [-0.3, -0.25) is 4.79 Å². The van der Waals surface area contributed by atoms with Crippen molar-refractivity contribution < 1.29 is 14.3 Å². The summed E-state index contributed by atoms with van der Waals surface area (Å²) in [7, 11) is 3.13. The molecule has 0 fully saturated rings. The van der Waals surface area contributed by atoms with Gasteiger partial charge in [-0.05, 0) is 31.2 Å². The second-order valence-corrected chi connectivity index (χ2v) is 7.56. The Balaban J connectivity index is 1.72. The summed E-state index contributed by atoms with van der Waals surface area (Å²) in [5.41, 5.74) is 4.65. The van der Waals surface area contributed by atoms with E-state index in [1.54, 1.807) is 44.2 Å². The Labute approximate surface area is 167 Å². The molecule has 0 aliphatic carbocycles. The van der Waals surface area contributed by atoms with Crippen LogP contribution >= 0.6 is 11.8 Å². The minimum absolute atomic E-state index is 0.231.